The van der Waals surface area contributed by atoms with Crippen LogP contribution in [0.3, 0.4) is 0 Å². The molecule has 1 N–H and O–H groups in total. The zero-order chi connectivity index (χ0) is 11.2. The summed E-state index contributed by atoms with van der Waals surface area (Å²) in [5, 5.41) is 15.4. The smallest absolute Gasteiger partial charge is 0.165 e. The molecule has 1 aromatic heterocycles. The van der Waals surface area contributed by atoms with Crippen molar-refractivity contribution in [2.24, 2.45) is 0 Å². The highest BCUT2D eigenvalue weighted by molar-refractivity contribution is 5.85. The molecule has 0 aliphatic heterocycles. The molecule has 6 heteroatoms. The van der Waals surface area contributed by atoms with Gasteiger partial charge in [-0.1, -0.05) is 26.2 Å². The quantitative estimate of drug-likeness (QED) is 0.823. The molecule has 5 nitrogen and oxygen atoms in total. The SMILES string of the molecule is CCCNCc1nnnn1C1CCCCC1.Cl. The lowest BCUT2D eigenvalue weighted by atomic mass is 9.96. The van der Waals surface area contributed by atoms with Crippen LogP contribution in [-0.2, 0) is 6.54 Å². The summed E-state index contributed by atoms with van der Waals surface area (Å²) in [6.45, 7) is 3.98. The van der Waals surface area contributed by atoms with Gasteiger partial charge in [0.05, 0.1) is 12.6 Å². The van der Waals surface area contributed by atoms with E-state index in [2.05, 4.69) is 27.8 Å². The molecule has 1 aliphatic rings. The Morgan fingerprint density at radius 3 is 2.76 bits per heavy atom. The fourth-order valence-electron chi connectivity index (χ4n) is 2.31. The Morgan fingerprint density at radius 1 is 1.29 bits per heavy atom. The zero-order valence-corrected chi connectivity index (χ0v) is 11.2. The molecule has 1 fully saturated rings. The van der Waals surface area contributed by atoms with Crippen LogP contribution in [0.2, 0.25) is 0 Å². The van der Waals surface area contributed by atoms with Crippen molar-refractivity contribution in [3.63, 3.8) is 0 Å². The van der Waals surface area contributed by atoms with Gasteiger partial charge in [-0.3, -0.25) is 0 Å². The number of halogens is 1. The van der Waals surface area contributed by atoms with E-state index >= 15 is 0 Å². The first-order valence-corrected chi connectivity index (χ1v) is 6.39. The molecule has 0 aromatic carbocycles. The van der Waals surface area contributed by atoms with Gasteiger partial charge in [-0.15, -0.1) is 17.5 Å². The third-order valence-electron chi connectivity index (χ3n) is 3.19. The summed E-state index contributed by atoms with van der Waals surface area (Å²) in [6, 6.07) is 0.530. The average Bonchev–Trinajstić information content (AvgIpc) is 2.79. The highest BCUT2D eigenvalue weighted by atomic mass is 35.5. The zero-order valence-electron chi connectivity index (χ0n) is 10.4. The van der Waals surface area contributed by atoms with Crippen LogP contribution in [0.4, 0.5) is 0 Å². The van der Waals surface area contributed by atoms with E-state index in [1.807, 2.05) is 4.68 Å². The summed E-state index contributed by atoms with van der Waals surface area (Å²) >= 11 is 0. The van der Waals surface area contributed by atoms with Crippen LogP contribution in [0.15, 0.2) is 0 Å². The maximum atomic E-state index is 4.13. The normalized spacial score (nSPS) is 16.8. The molecule has 1 saturated carbocycles. The molecule has 0 spiro atoms. The Bertz CT molecular complexity index is 309. The minimum atomic E-state index is 0. The van der Waals surface area contributed by atoms with Crippen LogP contribution in [0, 0.1) is 0 Å². The fourth-order valence-corrected chi connectivity index (χ4v) is 2.31. The van der Waals surface area contributed by atoms with Crippen molar-refractivity contribution < 1.29 is 0 Å². The Labute approximate surface area is 109 Å². The van der Waals surface area contributed by atoms with Gasteiger partial charge in [-0.05, 0) is 36.2 Å². The largest absolute Gasteiger partial charge is 0.310 e. The lowest BCUT2D eigenvalue weighted by molar-refractivity contribution is 0.315. The first kappa shape index (κ1) is 14.4. The molecular weight excluding hydrogens is 238 g/mol. The van der Waals surface area contributed by atoms with E-state index in [4.69, 9.17) is 0 Å². The van der Waals surface area contributed by atoms with Gasteiger partial charge in [0.15, 0.2) is 5.82 Å². The van der Waals surface area contributed by atoms with E-state index < -0.39 is 0 Å². The van der Waals surface area contributed by atoms with Crippen LogP contribution >= 0.6 is 12.4 Å². The number of nitrogens with zero attached hydrogens (tertiary/aromatic N) is 4. The number of aromatic nitrogens is 4. The van der Waals surface area contributed by atoms with Crippen molar-refractivity contribution in [2.75, 3.05) is 6.54 Å². The molecule has 0 saturated heterocycles. The van der Waals surface area contributed by atoms with E-state index in [1.54, 1.807) is 0 Å². The number of hydrogen-bond donors (Lipinski definition) is 1. The Morgan fingerprint density at radius 2 is 2.06 bits per heavy atom. The average molecular weight is 260 g/mol. The molecule has 0 radical (unpaired) electrons. The standard InChI is InChI=1S/C11H21N5.ClH/c1-2-8-12-9-11-13-14-15-16(11)10-6-4-3-5-7-10;/h10,12H,2-9H2,1H3;1H. The van der Waals surface area contributed by atoms with Crippen LogP contribution in [0.1, 0.15) is 57.3 Å². The monoisotopic (exact) mass is 259 g/mol. The predicted octanol–water partition coefficient (Wildman–Crippen LogP) is 2.10. The summed E-state index contributed by atoms with van der Waals surface area (Å²) in [7, 11) is 0. The van der Waals surface area contributed by atoms with Crippen LogP contribution < -0.4 is 5.32 Å². The van der Waals surface area contributed by atoms with Gasteiger partial charge in [-0.25, -0.2) is 4.68 Å². The van der Waals surface area contributed by atoms with E-state index in [1.165, 1.54) is 32.1 Å². The summed E-state index contributed by atoms with van der Waals surface area (Å²) in [4.78, 5) is 0. The lowest BCUT2D eigenvalue weighted by Crippen LogP contribution is -2.22. The summed E-state index contributed by atoms with van der Waals surface area (Å²) in [6.07, 6.45) is 7.59. The summed E-state index contributed by atoms with van der Waals surface area (Å²) in [5.74, 6) is 0.986. The first-order chi connectivity index (χ1) is 7.92. The second-order valence-electron chi connectivity index (χ2n) is 4.51. The van der Waals surface area contributed by atoms with Gasteiger partial charge >= 0.3 is 0 Å². The third kappa shape index (κ3) is 3.92. The Kier molecular flexibility index (Phi) is 6.44. The molecule has 98 valence electrons. The summed E-state index contributed by atoms with van der Waals surface area (Å²) in [5.41, 5.74) is 0. The van der Waals surface area contributed by atoms with Crippen LogP contribution in [0.5, 0.6) is 0 Å². The van der Waals surface area contributed by atoms with Crippen molar-refractivity contribution in [3.05, 3.63) is 5.82 Å². The van der Waals surface area contributed by atoms with Crippen molar-refractivity contribution in [2.45, 2.75) is 58.0 Å². The van der Waals surface area contributed by atoms with Gasteiger partial charge in [-0.2, -0.15) is 0 Å². The Balaban J connectivity index is 0.00000144. The third-order valence-corrected chi connectivity index (χ3v) is 3.19. The van der Waals surface area contributed by atoms with Crippen LogP contribution in [-0.4, -0.2) is 26.8 Å². The van der Waals surface area contributed by atoms with E-state index in [9.17, 15) is 0 Å². The lowest BCUT2D eigenvalue weighted by Gasteiger charge is -2.22. The maximum absolute atomic E-state index is 4.13. The Hall–Kier alpha value is -0.680. The van der Waals surface area contributed by atoms with Gasteiger partial charge in [0, 0.05) is 0 Å². The predicted molar refractivity (Wildman–Crippen MR) is 69.2 cm³/mol. The number of tetrazole rings is 1. The van der Waals surface area contributed by atoms with Crippen molar-refractivity contribution in [1.82, 2.24) is 25.5 Å². The summed E-state index contributed by atoms with van der Waals surface area (Å²) < 4.78 is 2.03. The van der Waals surface area contributed by atoms with E-state index in [0.29, 0.717) is 6.04 Å². The van der Waals surface area contributed by atoms with Crippen molar-refractivity contribution in [1.29, 1.82) is 0 Å². The molecule has 1 heterocycles. The van der Waals surface area contributed by atoms with Crippen molar-refractivity contribution in [3.8, 4) is 0 Å². The molecule has 17 heavy (non-hydrogen) atoms. The highest BCUT2D eigenvalue weighted by Crippen LogP contribution is 2.27. The molecule has 0 atom stereocenters. The minimum absolute atomic E-state index is 0. The van der Waals surface area contributed by atoms with Crippen LogP contribution in [0.25, 0.3) is 0 Å². The van der Waals surface area contributed by atoms with Gasteiger partial charge < -0.3 is 5.32 Å². The number of rotatable bonds is 5. The van der Waals surface area contributed by atoms with Gasteiger partial charge in [0.2, 0.25) is 0 Å². The topological polar surface area (TPSA) is 55.6 Å². The maximum Gasteiger partial charge on any atom is 0.165 e. The minimum Gasteiger partial charge on any atom is -0.310 e. The molecule has 1 aromatic rings. The van der Waals surface area contributed by atoms with Crippen molar-refractivity contribution >= 4 is 12.4 Å². The first-order valence-electron chi connectivity index (χ1n) is 6.39. The fraction of sp³-hybridized carbons (Fsp3) is 0.909. The second kappa shape index (κ2) is 7.61. The molecular formula is C11H22ClN5. The molecule has 0 bridgehead atoms. The van der Waals surface area contributed by atoms with E-state index in [0.717, 1.165) is 25.3 Å². The number of hydrogen-bond acceptors (Lipinski definition) is 4. The van der Waals surface area contributed by atoms with E-state index in [-0.39, 0.29) is 12.4 Å². The van der Waals surface area contributed by atoms with Gasteiger partial charge in [0.25, 0.3) is 0 Å². The number of nitrogens with one attached hydrogen (secondary N) is 1. The molecule has 1 aliphatic carbocycles. The second-order valence-corrected chi connectivity index (χ2v) is 4.51. The highest BCUT2D eigenvalue weighted by Gasteiger charge is 2.19. The molecule has 0 amide bonds. The van der Waals surface area contributed by atoms with Gasteiger partial charge in [0.1, 0.15) is 0 Å². The molecule has 2 rings (SSSR count). The molecule has 0 unspecified atom stereocenters.